The smallest absolute Gasteiger partial charge is 0.211 e. The second kappa shape index (κ2) is 15.4. The quantitative estimate of drug-likeness (QED) is 0.289. The molecule has 0 saturated carbocycles. The summed E-state index contributed by atoms with van der Waals surface area (Å²) in [5, 5.41) is 0. The van der Waals surface area contributed by atoms with Crippen molar-refractivity contribution in [2.75, 3.05) is 59.1 Å². The molecule has 0 radical (unpaired) electrons. The number of hydrogen-bond acceptors (Lipinski definition) is 7. The van der Waals surface area contributed by atoms with Crippen molar-refractivity contribution in [3.63, 3.8) is 0 Å². The molecule has 1 aliphatic heterocycles. The number of unbranched alkanes of at least 4 members (excludes halogenated alkanes) is 1. The molecule has 2 aromatic rings. The first-order valence-electron chi connectivity index (χ1n) is 14.0. The van der Waals surface area contributed by atoms with Gasteiger partial charge in [-0.1, -0.05) is 38.1 Å². The van der Waals surface area contributed by atoms with Crippen molar-refractivity contribution in [1.82, 2.24) is 29.0 Å². The van der Waals surface area contributed by atoms with Crippen molar-refractivity contribution >= 4 is 15.9 Å². The highest BCUT2D eigenvalue weighted by Crippen LogP contribution is 2.15. The van der Waals surface area contributed by atoms with Crippen LogP contribution in [0, 0.1) is 0 Å². The van der Waals surface area contributed by atoms with E-state index in [2.05, 4.69) is 74.8 Å². The van der Waals surface area contributed by atoms with E-state index >= 15 is 0 Å². The van der Waals surface area contributed by atoms with Gasteiger partial charge in [-0.2, -0.15) is 4.31 Å². The molecular weight excluding hydrogens is 498 g/mol. The Morgan fingerprint density at radius 2 is 1.55 bits per heavy atom. The third-order valence-corrected chi connectivity index (χ3v) is 8.18. The number of nitrogens with zero attached hydrogens (tertiary/aromatic N) is 6. The summed E-state index contributed by atoms with van der Waals surface area (Å²) in [4.78, 5) is 19.3. The fourth-order valence-corrected chi connectivity index (χ4v) is 5.72. The van der Waals surface area contributed by atoms with Crippen LogP contribution < -0.4 is 0 Å². The number of aromatic nitrogens is 2. The molecule has 0 atom stereocenters. The summed E-state index contributed by atoms with van der Waals surface area (Å²) in [5.41, 5.74) is 2.19. The molecule has 1 aliphatic rings. The lowest BCUT2D eigenvalue weighted by Crippen LogP contribution is -2.36. The van der Waals surface area contributed by atoms with E-state index in [0.29, 0.717) is 19.6 Å². The van der Waals surface area contributed by atoms with Gasteiger partial charge in [-0.25, -0.2) is 13.4 Å². The number of hydrogen-bond donors (Lipinski definition) is 1. The molecule has 0 amide bonds. The van der Waals surface area contributed by atoms with Crippen LogP contribution in [0.15, 0.2) is 41.7 Å². The molecule has 38 heavy (non-hydrogen) atoms. The molecule has 2 heterocycles. The lowest BCUT2D eigenvalue weighted by Gasteiger charge is -2.25. The number of H-pyrrole nitrogens is 1. The largest absolute Gasteiger partial charge is 0.360 e. The fourth-order valence-electron chi connectivity index (χ4n) is 4.88. The molecular formula is C28H47N7O2S. The second-order valence-corrected chi connectivity index (χ2v) is 12.3. The van der Waals surface area contributed by atoms with Crippen molar-refractivity contribution in [1.29, 1.82) is 0 Å². The van der Waals surface area contributed by atoms with Gasteiger partial charge in [0.05, 0.1) is 25.9 Å². The summed E-state index contributed by atoms with van der Waals surface area (Å²) in [5.74, 6) is 2.03. The van der Waals surface area contributed by atoms with Crippen LogP contribution in [0.4, 0.5) is 0 Å². The molecule has 10 heteroatoms. The number of benzene rings is 1. The van der Waals surface area contributed by atoms with Crippen molar-refractivity contribution in [3.05, 3.63) is 53.6 Å². The van der Waals surface area contributed by atoms with Gasteiger partial charge in [-0.05, 0) is 56.4 Å². The zero-order valence-corrected chi connectivity index (χ0v) is 24.6. The Morgan fingerprint density at radius 3 is 2.11 bits per heavy atom. The molecule has 0 bridgehead atoms. The first-order chi connectivity index (χ1) is 18.3. The third kappa shape index (κ3) is 10.1. The van der Waals surface area contributed by atoms with Gasteiger partial charge in [0, 0.05) is 45.6 Å². The molecule has 9 nitrogen and oxygen atoms in total. The number of sulfonamides is 1. The molecule has 0 spiro atoms. The first kappa shape index (κ1) is 30.3. The normalized spacial score (nSPS) is 14.3. The predicted molar refractivity (Wildman–Crippen MR) is 156 cm³/mol. The maximum atomic E-state index is 12.5. The van der Waals surface area contributed by atoms with Gasteiger partial charge in [0.1, 0.15) is 11.7 Å². The van der Waals surface area contributed by atoms with Gasteiger partial charge >= 0.3 is 0 Å². The zero-order chi connectivity index (χ0) is 27.4. The van der Waals surface area contributed by atoms with Crippen LogP contribution in [0.25, 0.3) is 0 Å². The average molecular weight is 546 g/mol. The zero-order valence-electron chi connectivity index (χ0n) is 23.8. The Bertz CT molecular complexity index is 1070. The maximum absolute atomic E-state index is 12.5. The highest BCUT2D eigenvalue weighted by Gasteiger charge is 2.19. The standard InChI is InChI=1S/C28H47N7O2S/c1-5-16-33(17-6-2)18-7-8-19-35(38(4,36)37)22-26-11-9-25(10-12-26)21-34(23-27-29-13-14-30-27)24-28-31-15-20-32(28)3/h9-14H,5-8,15-24H2,1-4H3,(H,29,30). The summed E-state index contributed by atoms with van der Waals surface area (Å²) in [7, 11) is -1.19. The van der Waals surface area contributed by atoms with E-state index in [1.54, 1.807) is 10.5 Å². The van der Waals surface area contributed by atoms with E-state index in [4.69, 9.17) is 0 Å². The van der Waals surface area contributed by atoms with Crippen LogP contribution >= 0.6 is 0 Å². The topological polar surface area (TPSA) is 88.1 Å². The fraction of sp³-hybridized carbons (Fsp3) is 0.643. The monoisotopic (exact) mass is 545 g/mol. The van der Waals surface area contributed by atoms with E-state index in [1.807, 2.05) is 6.20 Å². The molecule has 1 aromatic carbocycles. The summed E-state index contributed by atoms with van der Waals surface area (Å²) in [6.07, 6.45) is 9.13. The van der Waals surface area contributed by atoms with Crippen LogP contribution in [-0.2, 0) is 29.7 Å². The number of amidine groups is 1. The molecule has 0 saturated heterocycles. The number of likely N-dealkylation sites (N-methyl/N-ethyl adjacent to an activating group) is 1. The Balaban J connectivity index is 1.57. The Hall–Kier alpha value is -2.27. The van der Waals surface area contributed by atoms with E-state index in [9.17, 15) is 8.42 Å². The van der Waals surface area contributed by atoms with Crippen molar-refractivity contribution in [2.24, 2.45) is 4.99 Å². The van der Waals surface area contributed by atoms with Crippen LogP contribution in [0.5, 0.6) is 0 Å². The van der Waals surface area contributed by atoms with Gasteiger partial charge in [0.2, 0.25) is 10.0 Å². The molecule has 0 aliphatic carbocycles. The molecule has 1 aromatic heterocycles. The van der Waals surface area contributed by atoms with E-state index in [1.165, 1.54) is 11.8 Å². The van der Waals surface area contributed by atoms with Gasteiger partial charge < -0.3 is 14.8 Å². The lowest BCUT2D eigenvalue weighted by molar-refractivity contribution is 0.264. The van der Waals surface area contributed by atoms with Crippen molar-refractivity contribution in [2.45, 2.75) is 59.2 Å². The third-order valence-electron chi connectivity index (χ3n) is 6.93. The number of nitrogens with one attached hydrogen (secondary N) is 1. The SMILES string of the molecule is CCCN(CCC)CCCCN(Cc1ccc(CN(CC2=NCCN2C)Cc2ncc[nH]2)cc1)S(C)(=O)=O. The number of rotatable bonds is 18. The minimum atomic E-state index is -3.28. The number of aliphatic imine (C=N–C) groups is 1. The summed E-state index contributed by atoms with van der Waals surface area (Å²) in [6, 6.07) is 8.33. The Labute approximate surface area is 230 Å². The lowest BCUT2D eigenvalue weighted by atomic mass is 10.1. The highest BCUT2D eigenvalue weighted by molar-refractivity contribution is 7.88. The number of aromatic amines is 1. The second-order valence-electron chi connectivity index (χ2n) is 10.4. The van der Waals surface area contributed by atoms with E-state index < -0.39 is 10.0 Å². The molecule has 0 unspecified atom stereocenters. The van der Waals surface area contributed by atoms with Crippen LogP contribution in [0.2, 0.25) is 0 Å². The summed E-state index contributed by atoms with van der Waals surface area (Å²) >= 11 is 0. The van der Waals surface area contributed by atoms with Crippen LogP contribution in [0.1, 0.15) is 56.5 Å². The highest BCUT2D eigenvalue weighted by atomic mass is 32.2. The van der Waals surface area contributed by atoms with Crippen molar-refractivity contribution in [3.8, 4) is 0 Å². The van der Waals surface area contributed by atoms with Gasteiger partial charge in [-0.15, -0.1) is 0 Å². The predicted octanol–water partition coefficient (Wildman–Crippen LogP) is 3.42. The minimum Gasteiger partial charge on any atom is -0.360 e. The van der Waals surface area contributed by atoms with E-state index in [0.717, 1.165) is 88.7 Å². The molecule has 212 valence electrons. The van der Waals surface area contributed by atoms with E-state index in [-0.39, 0.29) is 0 Å². The average Bonchev–Trinajstić information content (AvgIpc) is 3.53. The Morgan fingerprint density at radius 1 is 0.895 bits per heavy atom. The van der Waals surface area contributed by atoms with Crippen LogP contribution in [0.3, 0.4) is 0 Å². The van der Waals surface area contributed by atoms with Gasteiger partial charge in [-0.3, -0.25) is 9.89 Å². The number of imidazole rings is 1. The van der Waals surface area contributed by atoms with Crippen molar-refractivity contribution < 1.29 is 8.42 Å². The molecule has 0 fully saturated rings. The Kier molecular flexibility index (Phi) is 12.2. The molecule has 1 N–H and O–H groups in total. The minimum absolute atomic E-state index is 0.407. The van der Waals surface area contributed by atoms with Gasteiger partial charge in [0.15, 0.2) is 0 Å². The van der Waals surface area contributed by atoms with Crippen LogP contribution in [-0.4, -0.2) is 102 Å². The summed E-state index contributed by atoms with van der Waals surface area (Å²) in [6.45, 7) is 12.7. The molecule has 3 rings (SSSR count). The van der Waals surface area contributed by atoms with Gasteiger partial charge in [0.25, 0.3) is 0 Å². The first-order valence-corrected chi connectivity index (χ1v) is 15.8. The summed E-state index contributed by atoms with van der Waals surface area (Å²) < 4.78 is 26.6. The maximum Gasteiger partial charge on any atom is 0.211 e.